The standard InChI is InChI=1S/C19H21FN2O2/c20-16-9-15(10-17(23)11-16)12-21-18-7-4-8-22(19(18)24)13-14-5-2-1-3-6-14/h1-3,5-6,9-11,18,21,23H,4,7-8,12-13H2. The van der Waals surface area contributed by atoms with Gasteiger partial charge in [-0.2, -0.15) is 0 Å². The summed E-state index contributed by atoms with van der Waals surface area (Å²) in [6, 6.07) is 13.6. The van der Waals surface area contributed by atoms with Gasteiger partial charge in [-0.05, 0) is 36.1 Å². The lowest BCUT2D eigenvalue weighted by atomic mass is 10.0. The molecule has 0 spiro atoms. The predicted octanol–water partition coefficient (Wildman–Crippen LogP) is 2.81. The van der Waals surface area contributed by atoms with Crippen molar-refractivity contribution in [2.45, 2.75) is 32.0 Å². The minimum atomic E-state index is -0.479. The Kier molecular flexibility index (Phi) is 5.11. The number of phenols is 1. The molecular weight excluding hydrogens is 307 g/mol. The molecule has 4 nitrogen and oxygen atoms in total. The van der Waals surface area contributed by atoms with Gasteiger partial charge in [0, 0.05) is 25.7 Å². The van der Waals surface area contributed by atoms with Gasteiger partial charge in [0.05, 0.1) is 6.04 Å². The molecule has 1 saturated heterocycles. The number of nitrogens with one attached hydrogen (secondary N) is 1. The first-order valence-corrected chi connectivity index (χ1v) is 8.16. The first-order valence-electron chi connectivity index (χ1n) is 8.16. The van der Waals surface area contributed by atoms with Crippen LogP contribution in [0.4, 0.5) is 4.39 Å². The molecule has 1 amide bonds. The molecule has 0 saturated carbocycles. The summed E-state index contributed by atoms with van der Waals surface area (Å²) in [5, 5.41) is 12.6. The number of piperidine rings is 1. The third-order valence-electron chi connectivity index (χ3n) is 4.24. The van der Waals surface area contributed by atoms with Crippen LogP contribution in [0.15, 0.2) is 48.5 Å². The summed E-state index contributed by atoms with van der Waals surface area (Å²) in [7, 11) is 0. The van der Waals surface area contributed by atoms with E-state index in [4.69, 9.17) is 0 Å². The summed E-state index contributed by atoms with van der Waals surface area (Å²) in [6.07, 6.45) is 1.70. The number of carbonyl (C=O) groups excluding carboxylic acids is 1. The Morgan fingerprint density at radius 1 is 1.17 bits per heavy atom. The van der Waals surface area contributed by atoms with Crippen LogP contribution in [0.25, 0.3) is 0 Å². The second-order valence-electron chi connectivity index (χ2n) is 6.14. The van der Waals surface area contributed by atoms with E-state index >= 15 is 0 Å². The van der Waals surface area contributed by atoms with Crippen molar-refractivity contribution in [2.24, 2.45) is 0 Å². The van der Waals surface area contributed by atoms with Gasteiger partial charge in [0.25, 0.3) is 0 Å². The van der Waals surface area contributed by atoms with Crippen molar-refractivity contribution in [2.75, 3.05) is 6.54 Å². The maximum atomic E-state index is 13.3. The third kappa shape index (κ3) is 4.11. The van der Waals surface area contributed by atoms with Gasteiger partial charge < -0.3 is 15.3 Å². The molecule has 1 heterocycles. The van der Waals surface area contributed by atoms with Crippen LogP contribution in [0.3, 0.4) is 0 Å². The van der Waals surface area contributed by atoms with E-state index in [0.29, 0.717) is 18.7 Å². The highest BCUT2D eigenvalue weighted by Gasteiger charge is 2.28. The minimum Gasteiger partial charge on any atom is -0.508 e. The summed E-state index contributed by atoms with van der Waals surface area (Å²) < 4.78 is 13.3. The number of rotatable bonds is 5. The molecule has 126 valence electrons. The number of aromatic hydroxyl groups is 1. The van der Waals surface area contributed by atoms with Gasteiger partial charge in [-0.3, -0.25) is 4.79 Å². The lowest BCUT2D eigenvalue weighted by Crippen LogP contribution is -2.50. The fourth-order valence-corrected chi connectivity index (χ4v) is 3.07. The van der Waals surface area contributed by atoms with Crippen LogP contribution in [0.5, 0.6) is 5.75 Å². The van der Waals surface area contributed by atoms with Gasteiger partial charge in [0.2, 0.25) is 5.91 Å². The number of nitrogens with zero attached hydrogens (tertiary/aromatic N) is 1. The Hall–Kier alpha value is -2.40. The molecule has 1 atom stereocenters. The molecular formula is C19H21FN2O2. The van der Waals surface area contributed by atoms with Gasteiger partial charge in [-0.15, -0.1) is 0 Å². The molecule has 1 unspecified atom stereocenters. The van der Waals surface area contributed by atoms with Crippen LogP contribution in [0.2, 0.25) is 0 Å². The SMILES string of the molecule is O=C1C(NCc2cc(O)cc(F)c2)CCCN1Cc1ccccc1. The normalized spacial score (nSPS) is 18.0. The van der Waals surface area contributed by atoms with Crippen molar-refractivity contribution in [3.8, 4) is 5.75 Å². The van der Waals surface area contributed by atoms with E-state index in [1.54, 1.807) is 0 Å². The molecule has 0 radical (unpaired) electrons. The van der Waals surface area contributed by atoms with E-state index in [2.05, 4.69) is 5.32 Å². The van der Waals surface area contributed by atoms with Gasteiger partial charge in [0.15, 0.2) is 0 Å². The molecule has 2 N–H and O–H groups in total. The monoisotopic (exact) mass is 328 g/mol. The molecule has 1 fully saturated rings. The molecule has 2 aromatic rings. The number of halogens is 1. The van der Waals surface area contributed by atoms with Crippen LogP contribution >= 0.6 is 0 Å². The molecule has 1 aliphatic rings. The Morgan fingerprint density at radius 2 is 1.96 bits per heavy atom. The van der Waals surface area contributed by atoms with Crippen molar-refractivity contribution in [1.29, 1.82) is 0 Å². The lowest BCUT2D eigenvalue weighted by molar-refractivity contribution is -0.136. The van der Waals surface area contributed by atoms with Crippen molar-refractivity contribution >= 4 is 5.91 Å². The average molecular weight is 328 g/mol. The van der Waals surface area contributed by atoms with Gasteiger partial charge in [-0.1, -0.05) is 30.3 Å². The van der Waals surface area contributed by atoms with Crippen molar-refractivity contribution < 1.29 is 14.3 Å². The highest BCUT2D eigenvalue weighted by molar-refractivity contribution is 5.82. The lowest BCUT2D eigenvalue weighted by Gasteiger charge is -2.33. The Balaban J connectivity index is 1.60. The number of carbonyl (C=O) groups is 1. The van der Waals surface area contributed by atoms with Gasteiger partial charge >= 0.3 is 0 Å². The molecule has 5 heteroatoms. The van der Waals surface area contributed by atoms with Gasteiger partial charge in [0.1, 0.15) is 11.6 Å². The number of benzene rings is 2. The number of hydrogen-bond acceptors (Lipinski definition) is 3. The van der Waals surface area contributed by atoms with Crippen LogP contribution in [0.1, 0.15) is 24.0 Å². The van der Waals surface area contributed by atoms with E-state index in [0.717, 1.165) is 31.0 Å². The fourth-order valence-electron chi connectivity index (χ4n) is 3.07. The molecule has 0 aliphatic carbocycles. The highest BCUT2D eigenvalue weighted by atomic mass is 19.1. The van der Waals surface area contributed by atoms with Gasteiger partial charge in [-0.25, -0.2) is 4.39 Å². The van der Waals surface area contributed by atoms with E-state index in [9.17, 15) is 14.3 Å². The summed E-state index contributed by atoms with van der Waals surface area (Å²) in [5.41, 5.74) is 1.74. The molecule has 0 aromatic heterocycles. The molecule has 2 aromatic carbocycles. The van der Waals surface area contributed by atoms with Crippen molar-refractivity contribution in [3.63, 3.8) is 0 Å². The third-order valence-corrected chi connectivity index (χ3v) is 4.24. The Bertz CT molecular complexity index is 686. The predicted molar refractivity (Wildman–Crippen MR) is 89.8 cm³/mol. The van der Waals surface area contributed by atoms with Crippen LogP contribution in [0, 0.1) is 5.82 Å². The quantitative estimate of drug-likeness (QED) is 0.887. The first kappa shape index (κ1) is 16.5. The van der Waals surface area contributed by atoms with E-state index < -0.39 is 5.82 Å². The second kappa shape index (κ2) is 7.45. The summed E-state index contributed by atoms with van der Waals surface area (Å²) >= 11 is 0. The molecule has 3 rings (SSSR count). The van der Waals surface area contributed by atoms with E-state index in [1.807, 2.05) is 35.2 Å². The number of phenolic OH excluding ortho intramolecular Hbond substituents is 1. The summed E-state index contributed by atoms with van der Waals surface area (Å²) in [4.78, 5) is 14.5. The topological polar surface area (TPSA) is 52.6 Å². The Morgan fingerprint density at radius 3 is 2.71 bits per heavy atom. The first-order chi connectivity index (χ1) is 11.6. The molecule has 1 aliphatic heterocycles. The number of likely N-dealkylation sites (tertiary alicyclic amines) is 1. The van der Waals surface area contributed by atoms with Crippen LogP contribution in [-0.4, -0.2) is 28.5 Å². The largest absolute Gasteiger partial charge is 0.508 e. The zero-order valence-corrected chi connectivity index (χ0v) is 13.4. The van der Waals surface area contributed by atoms with E-state index in [-0.39, 0.29) is 17.7 Å². The average Bonchev–Trinajstić information content (AvgIpc) is 2.56. The van der Waals surface area contributed by atoms with Crippen molar-refractivity contribution in [3.05, 3.63) is 65.5 Å². The van der Waals surface area contributed by atoms with Crippen LogP contribution in [-0.2, 0) is 17.9 Å². The zero-order valence-electron chi connectivity index (χ0n) is 13.4. The Labute approximate surface area is 140 Å². The maximum absolute atomic E-state index is 13.3. The molecule has 0 bridgehead atoms. The minimum absolute atomic E-state index is 0.0747. The number of hydrogen-bond donors (Lipinski definition) is 2. The van der Waals surface area contributed by atoms with E-state index in [1.165, 1.54) is 12.1 Å². The van der Waals surface area contributed by atoms with Crippen LogP contribution < -0.4 is 5.32 Å². The zero-order chi connectivity index (χ0) is 16.9. The number of amides is 1. The highest BCUT2D eigenvalue weighted by Crippen LogP contribution is 2.18. The van der Waals surface area contributed by atoms with Crippen molar-refractivity contribution in [1.82, 2.24) is 10.2 Å². The summed E-state index contributed by atoms with van der Waals surface area (Å²) in [6.45, 7) is 1.71. The maximum Gasteiger partial charge on any atom is 0.240 e. The summed E-state index contributed by atoms with van der Waals surface area (Å²) in [5.74, 6) is -0.509. The second-order valence-corrected chi connectivity index (χ2v) is 6.14. The smallest absolute Gasteiger partial charge is 0.240 e. The fraction of sp³-hybridized carbons (Fsp3) is 0.316. The molecule has 24 heavy (non-hydrogen) atoms.